The van der Waals surface area contributed by atoms with Crippen molar-refractivity contribution in [1.29, 1.82) is 0 Å². The normalized spacial score (nSPS) is 10.9. The third-order valence-electron chi connectivity index (χ3n) is 4.23. The lowest BCUT2D eigenvalue weighted by Gasteiger charge is -2.08. The Hall–Kier alpha value is -4.35. The summed E-state index contributed by atoms with van der Waals surface area (Å²) in [5, 5.41) is 13.6. The molecular weight excluding hydrogens is 441 g/mol. The second-order valence-electron chi connectivity index (χ2n) is 6.70. The largest absolute Gasteiger partial charge is 0.490 e. The molecule has 4 rings (SSSR count). The van der Waals surface area contributed by atoms with Crippen molar-refractivity contribution < 1.29 is 23.1 Å². The van der Waals surface area contributed by atoms with E-state index < -0.39 is 12.1 Å². The average molecular weight is 460 g/mol. The van der Waals surface area contributed by atoms with Gasteiger partial charge in [0.15, 0.2) is 0 Å². The summed E-state index contributed by atoms with van der Waals surface area (Å²) in [4.78, 5) is 34.4. The Morgan fingerprint density at radius 3 is 2.42 bits per heavy atom. The predicted molar refractivity (Wildman–Crippen MR) is 117 cm³/mol. The van der Waals surface area contributed by atoms with Crippen LogP contribution >= 0.6 is 0 Å². The first kappa shape index (κ1) is 23.3. The number of halogens is 3. The molecule has 2 aromatic carbocycles. The van der Waals surface area contributed by atoms with Gasteiger partial charge in [0.25, 0.3) is 0 Å². The number of anilines is 3. The molecule has 0 radical (unpaired) electrons. The van der Waals surface area contributed by atoms with Crippen molar-refractivity contribution in [2.45, 2.75) is 12.6 Å². The molecule has 9 nitrogen and oxygen atoms in total. The highest BCUT2D eigenvalue weighted by Crippen LogP contribution is 2.18. The van der Waals surface area contributed by atoms with Crippen LogP contribution in [0.1, 0.15) is 5.56 Å². The van der Waals surface area contributed by atoms with Gasteiger partial charge in [0.2, 0.25) is 5.95 Å². The Bertz CT molecular complexity index is 1270. The molecule has 0 aliphatic rings. The number of fused-ring (bicyclic) bond motifs is 1. The van der Waals surface area contributed by atoms with Gasteiger partial charge in [0, 0.05) is 18.4 Å². The minimum absolute atomic E-state index is 0.224. The number of alkyl halides is 3. The van der Waals surface area contributed by atoms with Crippen molar-refractivity contribution in [3.05, 3.63) is 76.8 Å². The van der Waals surface area contributed by atoms with Crippen LogP contribution in [0.2, 0.25) is 0 Å². The molecule has 5 N–H and O–H groups in total. The van der Waals surface area contributed by atoms with Crippen molar-refractivity contribution >= 4 is 34.5 Å². The molecule has 172 valence electrons. The molecule has 0 saturated carbocycles. The quantitative estimate of drug-likeness (QED) is 0.296. The van der Waals surface area contributed by atoms with E-state index in [2.05, 4.69) is 42.7 Å². The van der Waals surface area contributed by atoms with Crippen LogP contribution in [0.15, 0.2) is 65.6 Å². The van der Waals surface area contributed by atoms with Gasteiger partial charge >= 0.3 is 17.8 Å². The summed E-state index contributed by atoms with van der Waals surface area (Å²) in [6.07, 6.45) is -2.46. The maximum absolute atomic E-state index is 11.3. The fraction of sp³-hybridized carbons (Fsp3) is 0.143. The monoisotopic (exact) mass is 460 g/mol. The molecule has 33 heavy (non-hydrogen) atoms. The number of carbonyl (C=O) groups is 1. The lowest BCUT2D eigenvalue weighted by molar-refractivity contribution is -0.192. The summed E-state index contributed by atoms with van der Waals surface area (Å²) >= 11 is 0. The van der Waals surface area contributed by atoms with E-state index in [4.69, 9.17) is 9.90 Å². The number of H-pyrrole nitrogens is 2. The van der Waals surface area contributed by atoms with Crippen LogP contribution in [0.5, 0.6) is 0 Å². The van der Waals surface area contributed by atoms with Crippen LogP contribution < -0.4 is 16.3 Å². The molecule has 0 unspecified atom stereocenters. The molecule has 0 aliphatic carbocycles. The second kappa shape index (κ2) is 10.3. The maximum atomic E-state index is 11.3. The van der Waals surface area contributed by atoms with Gasteiger partial charge in [-0.1, -0.05) is 30.3 Å². The number of carboxylic acids is 1. The zero-order valence-corrected chi connectivity index (χ0v) is 17.0. The Balaban J connectivity index is 0.000000383. The molecule has 0 atom stereocenters. The van der Waals surface area contributed by atoms with Crippen LogP contribution in [0.3, 0.4) is 0 Å². The van der Waals surface area contributed by atoms with Crippen LogP contribution in [-0.4, -0.2) is 43.7 Å². The SMILES string of the molecule is O=C(O)C(F)(F)F.O=c1[nH]c2ccc(Nc3nccc(NCCc4ccccc4)n3)cc2[nH]1. The second-order valence-corrected chi connectivity index (χ2v) is 6.70. The van der Waals surface area contributed by atoms with Crippen molar-refractivity contribution in [3.8, 4) is 0 Å². The standard InChI is InChI=1S/C19H18N6O.C2HF3O2/c26-19-23-15-7-6-14(12-16(15)24-19)22-18-21-11-9-17(25-18)20-10-8-13-4-2-1-3-5-13;3-2(4,5)1(6)7/h1-7,9,11-12H,8,10H2,(H2,23,24,26)(H2,20,21,22,25);(H,6,7). The van der Waals surface area contributed by atoms with Crippen molar-refractivity contribution in [1.82, 2.24) is 19.9 Å². The Kier molecular flexibility index (Phi) is 7.28. The first-order valence-electron chi connectivity index (χ1n) is 9.61. The maximum Gasteiger partial charge on any atom is 0.490 e. The number of carboxylic acid groups (broad SMARTS) is 1. The highest BCUT2D eigenvalue weighted by molar-refractivity contribution is 5.79. The summed E-state index contributed by atoms with van der Waals surface area (Å²) < 4.78 is 31.7. The Morgan fingerprint density at radius 2 is 1.73 bits per heavy atom. The Morgan fingerprint density at radius 1 is 1.03 bits per heavy atom. The lowest BCUT2D eigenvalue weighted by atomic mass is 10.1. The number of hydrogen-bond donors (Lipinski definition) is 5. The van der Waals surface area contributed by atoms with Crippen molar-refractivity contribution in [2.75, 3.05) is 17.2 Å². The first-order chi connectivity index (χ1) is 15.7. The number of rotatable bonds is 6. The Labute approximate surface area is 184 Å². The van der Waals surface area contributed by atoms with Gasteiger partial charge < -0.3 is 25.7 Å². The summed E-state index contributed by atoms with van der Waals surface area (Å²) in [7, 11) is 0. The molecule has 0 amide bonds. The minimum atomic E-state index is -5.08. The molecule has 2 aromatic heterocycles. The van der Waals surface area contributed by atoms with Crippen LogP contribution in [-0.2, 0) is 11.2 Å². The van der Waals surface area contributed by atoms with E-state index in [-0.39, 0.29) is 5.69 Å². The van der Waals surface area contributed by atoms with Crippen LogP contribution in [0.4, 0.5) is 30.6 Å². The number of aromatic amines is 2. The smallest absolute Gasteiger partial charge is 0.475 e. The van der Waals surface area contributed by atoms with E-state index in [9.17, 15) is 18.0 Å². The van der Waals surface area contributed by atoms with Crippen molar-refractivity contribution in [2.24, 2.45) is 0 Å². The summed E-state index contributed by atoms with van der Waals surface area (Å²) in [5.41, 5.74) is 3.35. The predicted octanol–water partition coefficient (Wildman–Crippen LogP) is 3.68. The molecule has 4 aromatic rings. The first-order valence-corrected chi connectivity index (χ1v) is 9.61. The zero-order chi connectivity index (χ0) is 23.8. The molecule has 0 saturated heterocycles. The highest BCUT2D eigenvalue weighted by atomic mass is 19.4. The van der Waals surface area contributed by atoms with E-state index in [1.807, 2.05) is 42.5 Å². The highest BCUT2D eigenvalue weighted by Gasteiger charge is 2.38. The molecule has 2 heterocycles. The number of hydrogen-bond acceptors (Lipinski definition) is 6. The van der Waals surface area contributed by atoms with Crippen LogP contribution in [0.25, 0.3) is 11.0 Å². The van der Waals surface area contributed by atoms with E-state index in [1.165, 1.54) is 5.56 Å². The van der Waals surface area contributed by atoms with E-state index in [1.54, 1.807) is 6.20 Å². The van der Waals surface area contributed by atoms with Gasteiger partial charge in [-0.3, -0.25) is 0 Å². The van der Waals surface area contributed by atoms with Gasteiger partial charge in [-0.2, -0.15) is 18.2 Å². The van der Waals surface area contributed by atoms with Gasteiger partial charge in [0.1, 0.15) is 5.82 Å². The number of aliphatic carboxylic acids is 1. The zero-order valence-electron chi connectivity index (χ0n) is 17.0. The fourth-order valence-corrected chi connectivity index (χ4v) is 2.74. The average Bonchev–Trinajstić information content (AvgIpc) is 3.14. The number of aromatic nitrogens is 4. The number of nitrogens with zero attached hydrogens (tertiary/aromatic N) is 2. The number of imidazole rings is 1. The summed E-state index contributed by atoms with van der Waals surface area (Å²) in [6.45, 7) is 0.789. The number of benzene rings is 2. The molecule has 12 heteroatoms. The van der Waals surface area contributed by atoms with Gasteiger partial charge in [-0.05, 0) is 36.2 Å². The van der Waals surface area contributed by atoms with Gasteiger partial charge in [-0.15, -0.1) is 0 Å². The molecular formula is C21H19F3N6O3. The molecule has 0 spiro atoms. The van der Waals surface area contributed by atoms with E-state index in [0.717, 1.165) is 35.5 Å². The van der Waals surface area contributed by atoms with Crippen molar-refractivity contribution in [3.63, 3.8) is 0 Å². The van der Waals surface area contributed by atoms with E-state index in [0.29, 0.717) is 5.95 Å². The minimum Gasteiger partial charge on any atom is -0.475 e. The van der Waals surface area contributed by atoms with Crippen LogP contribution in [0, 0.1) is 0 Å². The summed E-state index contributed by atoms with van der Waals surface area (Å²) in [6, 6.07) is 17.7. The summed E-state index contributed by atoms with van der Waals surface area (Å²) in [5.74, 6) is -1.51. The topological polar surface area (TPSA) is 136 Å². The molecule has 0 bridgehead atoms. The number of nitrogens with one attached hydrogen (secondary N) is 4. The van der Waals surface area contributed by atoms with Gasteiger partial charge in [0.05, 0.1) is 11.0 Å². The fourth-order valence-electron chi connectivity index (χ4n) is 2.74. The van der Waals surface area contributed by atoms with E-state index >= 15 is 0 Å². The third kappa shape index (κ3) is 7.09. The van der Waals surface area contributed by atoms with Gasteiger partial charge in [-0.25, -0.2) is 14.6 Å². The third-order valence-corrected chi connectivity index (χ3v) is 4.23. The molecule has 0 aliphatic heterocycles. The lowest BCUT2D eigenvalue weighted by Crippen LogP contribution is -2.21. The molecule has 0 fully saturated rings.